The van der Waals surface area contributed by atoms with Crippen LogP contribution < -0.4 is 0 Å². The largest absolute Gasteiger partial charge is 0.333 e. The predicted octanol–water partition coefficient (Wildman–Crippen LogP) is 3.01. The van der Waals surface area contributed by atoms with Gasteiger partial charge in [-0.1, -0.05) is 6.08 Å². The van der Waals surface area contributed by atoms with E-state index in [2.05, 4.69) is 19.2 Å². The first-order valence-corrected chi connectivity index (χ1v) is 5.72. The van der Waals surface area contributed by atoms with Crippen LogP contribution in [0.1, 0.15) is 24.2 Å². The molecule has 0 bridgehead atoms. The first-order valence-electron chi connectivity index (χ1n) is 5.27. The maximum Gasteiger partial charge on any atom is 0.254 e. The molecule has 0 saturated heterocycles. The van der Waals surface area contributed by atoms with Gasteiger partial charge in [-0.25, -0.2) is 0 Å². The molecule has 0 heterocycles. The Morgan fingerprint density at radius 2 is 2.00 bits per heavy atom. The van der Waals surface area contributed by atoms with Crippen molar-refractivity contribution in [3.63, 3.8) is 0 Å². The minimum atomic E-state index is 0.0308. The van der Waals surface area contributed by atoms with Gasteiger partial charge in [0.1, 0.15) is 0 Å². The fourth-order valence-corrected chi connectivity index (χ4v) is 1.59. The summed E-state index contributed by atoms with van der Waals surface area (Å²) in [5.41, 5.74) is 0.688. The Morgan fingerprint density at radius 1 is 1.44 bits per heavy atom. The average Bonchev–Trinajstić information content (AvgIpc) is 2.25. The zero-order chi connectivity index (χ0) is 12.1. The number of thiol groups is 1. The van der Waals surface area contributed by atoms with Crippen molar-refractivity contribution in [1.29, 1.82) is 0 Å². The zero-order valence-corrected chi connectivity index (χ0v) is 10.6. The van der Waals surface area contributed by atoms with E-state index in [9.17, 15) is 4.79 Å². The van der Waals surface area contributed by atoms with Gasteiger partial charge in [-0.3, -0.25) is 4.79 Å². The highest BCUT2D eigenvalue weighted by molar-refractivity contribution is 7.80. The highest BCUT2D eigenvalue weighted by atomic mass is 32.1. The van der Waals surface area contributed by atoms with Crippen molar-refractivity contribution in [3.8, 4) is 0 Å². The molecule has 1 aromatic rings. The molecule has 0 aliphatic heterocycles. The molecular formula is C13H17NOS. The SMILES string of the molecule is C=CCN(C(=O)c1ccc(S)cc1)C(C)C. The van der Waals surface area contributed by atoms with Gasteiger partial charge in [0.2, 0.25) is 0 Å². The van der Waals surface area contributed by atoms with E-state index in [0.717, 1.165) is 4.90 Å². The van der Waals surface area contributed by atoms with Crippen LogP contribution in [0.3, 0.4) is 0 Å². The van der Waals surface area contributed by atoms with Crippen LogP contribution in [0.5, 0.6) is 0 Å². The van der Waals surface area contributed by atoms with Crippen molar-refractivity contribution >= 4 is 18.5 Å². The van der Waals surface area contributed by atoms with Crippen molar-refractivity contribution in [2.45, 2.75) is 24.8 Å². The van der Waals surface area contributed by atoms with Gasteiger partial charge < -0.3 is 4.90 Å². The van der Waals surface area contributed by atoms with E-state index < -0.39 is 0 Å². The molecule has 0 aliphatic rings. The maximum absolute atomic E-state index is 12.1. The summed E-state index contributed by atoms with van der Waals surface area (Å²) in [5.74, 6) is 0.0308. The van der Waals surface area contributed by atoms with E-state index in [-0.39, 0.29) is 11.9 Å². The van der Waals surface area contributed by atoms with Crippen LogP contribution in [0, 0.1) is 0 Å². The van der Waals surface area contributed by atoms with Gasteiger partial charge in [0.15, 0.2) is 0 Å². The Balaban J connectivity index is 2.89. The van der Waals surface area contributed by atoms with Crippen molar-refractivity contribution in [3.05, 3.63) is 42.5 Å². The van der Waals surface area contributed by atoms with E-state index in [4.69, 9.17) is 0 Å². The van der Waals surface area contributed by atoms with Gasteiger partial charge in [-0.15, -0.1) is 19.2 Å². The number of carbonyl (C=O) groups excluding carboxylic acids is 1. The van der Waals surface area contributed by atoms with Crippen molar-refractivity contribution in [2.24, 2.45) is 0 Å². The molecule has 0 aromatic heterocycles. The van der Waals surface area contributed by atoms with Gasteiger partial charge in [-0.2, -0.15) is 0 Å². The fourth-order valence-electron chi connectivity index (χ4n) is 1.44. The molecular weight excluding hydrogens is 218 g/mol. The predicted molar refractivity (Wildman–Crippen MR) is 70.1 cm³/mol. The van der Waals surface area contributed by atoms with Crippen LogP contribution in [0.4, 0.5) is 0 Å². The third kappa shape index (κ3) is 3.14. The summed E-state index contributed by atoms with van der Waals surface area (Å²) in [6.45, 7) is 8.22. The molecule has 2 nitrogen and oxygen atoms in total. The molecule has 3 heteroatoms. The summed E-state index contributed by atoms with van der Waals surface area (Å²) in [6, 6.07) is 7.40. The van der Waals surface area contributed by atoms with E-state index >= 15 is 0 Å². The first-order chi connectivity index (χ1) is 7.56. The second-order valence-corrected chi connectivity index (χ2v) is 4.40. The topological polar surface area (TPSA) is 20.3 Å². The number of amides is 1. The number of benzene rings is 1. The summed E-state index contributed by atoms with van der Waals surface area (Å²) in [4.78, 5) is 14.8. The van der Waals surface area contributed by atoms with Gasteiger partial charge in [0.25, 0.3) is 5.91 Å². The number of nitrogens with zero attached hydrogens (tertiary/aromatic N) is 1. The summed E-state index contributed by atoms with van der Waals surface area (Å²) < 4.78 is 0. The average molecular weight is 235 g/mol. The molecule has 0 saturated carbocycles. The van der Waals surface area contributed by atoms with Gasteiger partial charge in [-0.05, 0) is 38.1 Å². The third-order valence-corrected chi connectivity index (χ3v) is 2.62. The molecule has 1 rings (SSSR count). The van der Waals surface area contributed by atoms with E-state index in [1.165, 1.54) is 0 Å². The molecule has 0 N–H and O–H groups in total. The van der Waals surface area contributed by atoms with Crippen molar-refractivity contribution in [2.75, 3.05) is 6.54 Å². The highest BCUT2D eigenvalue weighted by Gasteiger charge is 2.16. The Kier molecular flexibility index (Phi) is 4.62. The number of hydrogen-bond donors (Lipinski definition) is 1. The summed E-state index contributed by atoms with van der Waals surface area (Å²) >= 11 is 4.19. The van der Waals surface area contributed by atoms with Crippen LogP contribution in [0.15, 0.2) is 41.8 Å². The second kappa shape index (κ2) is 5.75. The summed E-state index contributed by atoms with van der Waals surface area (Å²) in [6.07, 6.45) is 1.74. The Labute approximate surface area is 102 Å². The molecule has 1 aromatic carbocycles. The van der Waals surface area contributed by atoms with Crippen LogP contribution in [-0.4, -0.2) is 23.4 Å². The molecule has 1 amide bonds. The second-order valence-electron chi connectivity index (χ2n) is 3.89. The van der Waals surface area contributed by atoms with Crippen molar-refractivity contribution < 1.29 is 4.79 Å². The quantitative estimate of drug-likeness (QED) is 0.628. The van der Waals surface area contributed by atoms with Crippen LogP contribution in [-0.2, 0) is 0 Å². The molecule has 0 radical (unpaired) electrons. The molecule has 0 fully saturated rings. The highest BCUT2D eigenvalue weighted by Crippen LogP contribution is 2.12. The lowest BCUT2D eigenvalue weighted by Crippen LogP contribution is -2.36. The number of hydrogen-bond acceptors (Lipinski definition) is 2. The van der Waals surface area contributed by atoms with E-state index in [1.54, 1.807) is 23.1 Å². The van der Waals surface area contributed by atoms with Gasteiger partial charge in [0.05, 0.1) is 0 Å². The Morgan fingerprint density at radius 3 is 2.44 bits per heavy atom. The Bertz CT molecular complexity index is 370. The molecule has 0 unspecified atom stereocenters. The molecule has 86 valence electrons. The van der Waals surface area contributed by atoms with Crippen LogP contribution in [0.25, 0.3) is 0 Å². The van der Waals surface area contributed by atoms with Crippen molar-refractivity contribution in [1.82, 2.24) is 4.90 Å². The lowest BCUT2D eigenvalue weighted by molar-refractivity contribution is 0.0728. The monoisotopic (exact) mass is 235 g/mol. The minimum Gasteiger partial charge on any atom is -0.333 e. The summed E-state index contributed by atoms with van der Waals surface area (Å²) in [7, 11) is 0. The zero-order valence-electron chi connectivity index (χ0n) is 9.68. The fraction of sp³-hybridized carbons (Fsp3) is 0.308. The molecule has 0 aliphatic carbocycles. The molecule has 16 heavy (non-hydrogen) atoms. The first kappa shape index (κ1) is 12.8. The molecule has 0 spiro atoms. The summed E-state index contributed by atoms with van der Waals surface area (Å²) in [5, 5.41) is 0. The standard InChI is InChI=1S/C13H17NOS/c1-4-9-14(10(2)3)13(15)11-5-7-12(16)8-6-11/h4-8,10,16H,1,9H2,2-3H3. The lowest BCUT2D eigenvalue weighted by atomic mass is 10.1. The number of carbonyl (C=O) groups is 1. The van der Waals surface area contributed by atoms with E-state index in [1.807, 2.05) is 26.0 Å². The third-order valence-electron chi connectivity index (χ3n) is 2.32. The number of rotatable bonds is 4. The maximum atomic E-state index is 12.1. The van der Waals surface area contributed by atoms with Gasteiger partial charge in [0, 0.05) is 23.0 Å². The normalized spacial score (nSPS) is 10.2. The minimum absolute atomic E-state index is 0.0308. The van der Waals surface area contributed by atoms with Gasteiger partial charge >= 0.3 is 0 Å². The Hall–Kier alpha value is -1.22. The van der Waals surface area contributed by atoms with E-state index in [0.29, 0.717) is 12.1 Å². The lowest BCUT2D eigenvalue weighted by Gasteiger charge is -2.25. The van der Waals surface area contributed by atoms with Crippen LogP contribution in [0.2, 0.25) is 0 Å². The smallest absolute Gasteiger partial charge is 0.254 e. The van der Waals surface area contributed by atoms with Crippen LogP contribution >= 0.6 is 12.6 Å². The molecule has 0 atom stereocenters.